The lowest BCUT2D eigenvalue weighted by Crippen LogP contribution is -2.11. The van der Waals surface area contributed by atoms with E-state index in [0.29, 0.717) is 0 Å². The van der Waals surface area contributed by atoms with Crippen LogP contribution in [-0.4, -0.2) is 10.7 Å². The molecule has 1 aromatic heterocycles. The Morgan fingerprint density at radius 2 is 1.39 bits per heavy atom. The molecule has 4 aromatic rings. The van der Waals surface area contributed by atoms with Crippen molar-refractivity contribution in [3.8, 4) is 0 Å². The first-order valence-corrected chi connectivity index (χ1v) is 7.52. The Bertz CT molecular complexity index is 933. The summed E-state index contributed by atoms with van der Waals surface area (Å²) in [4.78, 5) is 12.1. The molecule has 0 spiro atoms. The highest BCUT2D eigenvalue weighted by Crippen LogP contribution is 2.29. The van der Waals surface area contributed by atoms with Crippen molar-refractivity contribution in [3.63, 3.8) is 0 Å². The predicted molar refractivity (Wildman–Crippen MR) is 91.5 cm³/mol. The summed E-state index contributed by atoms with van der Waals surface area (Å²) in [5.41, 5.74) is 1.04. The van der Waals surface area contributed by atoms with Crippen molar-refractivity contribution in [3.05, 3.63) is 84.7 Å². The first-order valence-electron chi connectivity index (χ1n) is 7.52. The number of fused-ring (bicyclic) bond motifs is 2. The molecule has 112 valence electrons. The van der Waals surface area contributed by atoms with E-state index in [9.17, 15) is 4.79 Å². The van der Waals surface area contributed by atoms with Gasteiger partial charge in [-0.15, -0.1) is 0 Å². The molecule has 0 saturated heterocycles. The predicted octanol–water partition coefficient (Wildman–Crippen LogP) is 4.98. The average molecular weight is 301 g/mol. The van der Waals surface area contributed by atoms with Crippen LogP contribution in [0.15, 0.2) is 79.1 Å². The summed E-state index contributed by atoms with van der Waals surface area (Å²) in [6.45, 7) is 0.249. The largest absolute Gasteiger partial charge is 0.444 e. The van der Waals surface area contributed by atoms with Gasteiger partial charge >= 0.3 is 6.09 Å². The first kappa shape index (κ1) is 13.6. The molecule has 0 saturated carbocycles. The lowest BCUT2D eigenvalue weighted by atomic mass is 9.97. The molecular formula is C20H15NO2. The van der Waals surface area contributed by atoms with Crippen molar-refractivity contribution < 1.29 is 9.53 Å². The van der Waals surface area contributed by atoms with Gasteiger partial charge in [0.05, 0.1) is 0 Å². The molecule has 0 fully saturated rings. The monoisotopic (exact) mass is 301 g/mol. The van der Waals surface area contributed by atoms with Crippen LogP contribution in [0.3, 0.4) is 0 Å². The number of rotatable bonds is 2. The van der Waals surface area contributed by atoms with E-state index in [1.54, 1.807) is 24.5 Å². The zero-order chi connectivity index (χ0) is 15.6. The van der Waals surface area contributed by atoms with Gasteiger partial charge in [0, 0.05) is 18.0 Å². The maximum Gasteiger partial charge on any atom is 0.418 e. The van der Waals surface area contributed by atoms with Crippen LogP contribution in [0.1, 0.15) is 5.56 Å². The summed E-state index contributed by atoms with van der Waals surface area (Å²) in [5, 5.41) is 4.54. The van der Waals surface area contributed by atoms with E-state index in [-0.39, 0.29) is 12.7 Å². The highest BCUT2D eigenvalue weighted by Gasteiger charge is 2.10. The number of nitrogens with zero attached hydrogens (tertiary/aromatic N) is 1. The van der Waals surface area contributed by atoms with E-state index in [0.717, 1.165) is 27.1 Å². The maximum absolute atomic E-state index is 12.1. The third-order valence-corrected chi connectivity index (χ3v) is 4.04. The van der Waals surface area contributed by atoms with Gasteiger partial charge in [0.25, 0.3) is 0 Å². The zero-order valence-electron chi connectivity index (χ0n) is 12.5. The van der Waals surface area contributed by atoms with Crippen LogP contribution < -0.4 is 0 Å². The van der Waals surface area contributed by atoms with Crippen LogP contribution in [0.2, 0.25) is 0 Å². The van der Waals surface area contributed by atoms with Gasteiger partial charge in [0.1, 0.15) is 6.61 Å². The number of ether oxygens (including phenoxy) is 1. The zero-order valence-corrected chi connectivity index (χ0v) is 12.5. The molecule has 0 aliphatic carbocycles. The summed E-state index contributed by atoms with van der Waals surface area (Å²) in [6, 6.07) is 22.1. The molecule has 3 heteroatoms. The molecule has 0 aliphatic heterocycles. The molecule has 0 atom stereocenters. The van der Waals surface area contributed by atoms with Crippen molar-refractivity contribution in [1.29, 1.82) is 0 Å². The summed E-state index contributed by atoms with van der Waals surface area (Å²) in [7, 11) is 0. The highest BCUT2D eigenvalue weighted by molar-refractivity contribution is 6.02. The number of aromatic nitrogens is 1. The van der Waals surface area contributed by atoms with Crippen molar-refractivity contribution in [2.24, 2.45) is 0 Å². The first-order chi connectivity index (χ1) is 11.3. The Kier molecular flexibility index (Phi) is 3.31. The molecule has 4 rings (SSSR count). The van der Waals surface area contributed by atoms with Gasteiger partial charge in [0.2, 0.25) is 0 Å². The van der Waals surface area contributed by atoms with Gasteiger partial charge in [-0.1, -0.05) is 48.5 Å². The Morgan fingerprint density at radius 3 is 2.00 bits per heavy atom. The van der Waals surface area contributed by atoms with Crippen LogP contribution in [0.4, 0.5) is 4.79 Å². The number of carbonyl (C=O) groups excluding carboxylic acids is 1. The third kappa shape index (κ3) is 2.46. The number of hydrogen-bond donors (Lipinski definition) is 0. The standard InChI is InChI=1S/C20H15NO2/c22-20(21-11-5-6-12-21)23-14-19-17-9-3-1-7-15(17)13-16-8-2-4-10-18(16)19/h1-13H,14H2. The minimum absolute atomic E-state index is 0.249. The van der Waals surface area contributed by atoms with Crippen LogP contribution >= 0.6 is 0 Å². The molecule has 1 heterocycles. The van der Waals surface area contributed by atoms with E-state index in [1.807, 2.05) is 24.3 Å². The maximum atomic E-state index is 12.1. The van der Waals surface area contributed by atoms with E-state index in [1.165, 1.54) is 4.57 Å². The number of carbonyl (C=O) groups is 1. The van der Waals surface area contributed by atoms with Gasteiger partial charge in [-0.25, -0.2) is 4.79 Å². The SMILES string of the molecule is O=C(OCc1c2ccccc2cc2ccccc12)n1cccc1. The smallest absolute Gasteiger partial charge is 0.418 e. The lowest BCUT2D eigenvalue weighted by molar-refractivity contribution is 0.142. The van der Waals surface area contributed by atoms with E-state index in [2.05, 4.69) is 30.3 Å². The fourth-order valence-corrected chi connectivity index (χ4v) is 2.93. The average Bonchev–Trinajstić information content (AvgIpc) is 3.13. The highest BCUT2D eigenvalue weighted by atomic mass is 16.5. The quantitative estimate of drug-likeness (QED) is 0.489. The fraction of sp³-hybridized carbons (Fsp3) is 0.0500. The Morgan fingerprint density at radius 1 is 0.826 bits per heavy atom. The molecule has 0 bridgehead atoms. The van der Waals surface area contributed by atoms with Gasteiger partial charge in [-0.05, 0) is 39.7 Å². The van der Waals surface area contributed by atoms with Gasteiger partial charge < -0.3 is 4.74 Å². The van der Waals surface area contributed by atoms with Crippen LogP contribution in [0.5, 0.6) is 0 Å². The van der Waals surface area contributed by atoms with Gasteiger partial charge in [0.15, 0.2) is 0 Å². The third-order valence-electron chi connectivity index (χ3n) is 4.04. The van der Waals surface area contributed by atoms with Crippen LogP contribution in [0.25, 0.3) is 21.5 Å². The van der Waals surface area contributed by atoms with Crippen LogP contribution in [-0.2, 0) is 11.3 Å². The fourth-order valence-electron chi connectivity index (χ4n) is 2.93. The van der Waals surface area contributed by atoms with E-state index < -0.39 is 0 Å². The van der Waals surface area contributed by atoms with Crippen molar-refractivity contribution >= 4 is 27.6 Å². The van der Waals surface area contributed by atoms with Gasteiger partial charge in [-0.3, -0.25) is 4.57 Å². The molecule has 23 heavy (non-hydrogen) atoms. The van der Waals surface area contributed by atoms with Crippen LogP contribution in [0, 0.1) is 0 Å². The van der Waals surface area contributed by atoms with Crippen molar-refractivity contribution in [2.75, 3.05) is 0 Å². The Labute approximate surface area is 133 Å². The minimum atomic E-state index is -0.369. The molecule has 3 nitrogen and oxygen atoms in total. The summed E-state index contributed by atoms with van der Waals surface area (Å²) in [5.74, 6) is 0. The Balaban J connectivity index is 1.78. The molecular weight excluding hydrogens is 286 g/mol. The topological polar surface area (TPSA) is 31.2 Å². The molecule has 0 N–H and O–H groups in total. The second-order valence-electron chi connectivity index (χ2n) is 5.44. The van der Waals surface area contributed by atoms with Crippen molar-refractivity contribution in [1.82, 2.24) is 4.57 Å². The molecule has 0 amide bonds. The van der Waals surface area contributed by atoms with E-state index >= 15 is 0 Å². The second-order valence-corrected chi connectivity index (χ2v) is 5.44. The summed E-state index contributed by atoms with van der Waals surface area (Å²) >= 11 is 0. The molecule has 3 aromatic carbocycles. The number of hydrogen-bond acceptors (Lipinski definition) is 2. The van der Waals surface area contributed by atoms with Crippen molar-refractivity contribution in [2.45, 2.75) is 6.61 Å². The number of benzene rings is 3. The molecule has 0 unspecified atom stereocenters. The van der Waals surface area contributed by atoms with Gasteiger partial charge in [-0.2, -0.15) is 0 Å². The minimum Gasteiger partial charge on any atom is -0.444 e. The summed E-state index contributed by atoms with van der Waals surface area (Å²) in [6.07, 6.45) is 3.00. The normalized spacial score (nSPS) is 11.0. The lowest BCUT2D eigenvalue weighted by Gasteiger charge is -2.12. The molecule has 0 aliphatic rings. The Hall–Kier alpha value is -3.07. The van der Waals surface area contributed by atoms with E-state index in [4.69, 9.17) is 4.74 Å². The second kappa shape index (κ2) is 5.61. The summed E-state index contributed by atoms with van der Waals surface area (Å²) < 4.78 is 6.95. The molecule has 0 radical (unpaired) electrons.